The van der Waals surface area contributed by atoms with Crippen LogP contribution in [0.5, 0.6) is 0 Å². The summed E-state index contributed by atoms with van der Waals surface area (Å²) in [6.07, 6.45) is 3.21. The maximum absolute atomic E-state index is 12.2. The molecule has 0 heterocycles. The summed E-state index contributed by atoms with van der Waals surface area (Å²) in [5, 5.41) is 3.05. The maximum atomic E-state index is 12.2. The highest BCUT2D eigenvalue weighted by atomic mass is 16.5. The van der Waals surface area contributed by atoms with Crippen molar-refractivity contribution in [2.75, 3.05) is 0 Å². The number of rotatable bonds is 4. The van der Waals surface area contributed by atoms with Crippen LogP contribution >= 0.6 is 0 Å². The minimum Gasteiger partial charge on any atom is -0.459 e. The Morgan fingerprint density at radius 3 is 2.17 bits per heavy atom. The van der Waals surface area contributed by atoms with E-state index in [2.05, 4.69) is 5.32 Å². The van der Waals surface area contributed by atoms with Gasteiger partial charge in [-0.15, -0.1) is 0 Å². The van der Waals surface area contributed by atoms with Crippen molar-refractivity contribution in [3.8, 4) is 0 Å². The summed E-state index contributed by atoms with van der Waals surface area (Å²) in [5.74, 6) is -0.369. The average molecular weight is 323 g/mol. The predicted molar refractivity (Wildman–Crippen MR) is 91.8 cm³/mol. The predicted octanol–water partition coefficient (Wildman–Crippen LogP) is 3.58. The van der Waals surface area contributed by atoms with Gasteiger partial charge in [-0.05, 0) is 43.5 Å². The molecule has 1 aliphatic rings. The van der Waals surface area contributed by atoms with E-state index in [1.807, 2.05) is 36.4 Å². The highest BCUT2D eigenvalue weighted by Gasteiger charge is 2.26. The molecule has 1 fully saturated rings. The van der Waals surface area contributed by atoms with Crippen molar-refractivity contribution < 1.29 is 14.3 Å². The molecule has 0 saturated heterocycles. The number of carbonyl (C=O) groups excluding carboxylic acids is 2. The zero-order valence-corrected chi connectivity index (χ0v) is 13.5. The third-order valence-electron chi connectivity index (χ3n) is 4.28. The molecule has 0 spiro atoms. The molecule has 0 aromatic heterocycles. The molecule has 2 aromatic rings. The lowest BCUT2D eigenvalue weighted by Gasteiger charge is -2.29. The number of carbonyl (C=O) groups is 2. The van der Waals surface area contributed by atoms with E-state index in [1.54, 1.807) is 24.3 Å². The minimum absolute atomic E-state index is 0.0417. The summed E-state index contributed by atoms with van der Waals surface area (Å²) in [7, 11) is 0. The van der Waals surface area contributed by atoms with Gasteiger partial charge in [-0.2, -0.15) is 0 Å². The molecule has 0 bridgehead atoms. The molecule has 0 aliphatic heterocycles. The van der Waals surface area contributed by atoms with Crippen LogP contribution in [0.1, 0.15) is 46.4 Å². The standard InChI is InChI=1S/C20H21NO3/c22-19(15-8-3-1-4-9-15)21-17-12-7-13-18(14-17)24-20(23)16-10-5-2-6-11-16/h1-6,8-11,17-18H,7,12-14H2,(H,21,22)/t17-,18+/m0/s1. The second-order valence-corrected chi connectivity index (χ2v) is 6.10. The molecule has 4 nitrogen and oxygen atoms in total. The van der Waals surface area contributed by atoms with Gasteiger partial charge in [-0.3, -0.25) is 4.79 Å². The Balaban J connectivity index is 1.55. The van der Waals surface area contributed by atoms with Crippen LogP contribution in [0.4, 0.5) is 0 Å². The zero-order chi connectivity index (χ0) is 16.8. The zero-order valence-electron chi connectivity index (χ0n) is 13.5. The third kappa shape index (κ3) is 4.22. The van der Waals surface area contributed by atoms with E-state index in [0.29, 0.717) is 17.5 Å². The van der Waals surface area contributed by atoms with E-state index in [4.69, 9.17) is 4.74 Å². The molecular weight excluding hydrogens is 302 g/mol. The van der Waals surface area contributed by atoms with E-state index < -0.39 is 0 Å². The van der Waals surface area contributed by atoms with Crippen LogP contribution in [0.15, 0.2) is 60.7 Å². The molecule has 1 N–H and O–H groups in total. The normalized spacial score (nSPS) is 20.2. The summed E-state index contributed by atoms with van der Waals surface area (Å²) in [5.41, 5.74) is 1.22. The number of amides is 1. The lowest BCUT2D eigenvalue weighted by Crippen LogP contribution is -2.41. The Bertz CT molecular complexity index is 625. The monoisotopic (exact) mass is 323 g/mol. The first-order chi connectivity index (χ1) is 11.7. The van der Waals surface area contributed by atoms with Crippen LogP contribution in [0.3, 0.4) is 0 Å². The molecule has 1 amide bonds. The molecular formula is C20H21NO3. The van der Waals surface area contributed by atoms with E-state index in [1.165, 1.54) is 0 Å². The van der Waals surface area contributed by atoms with Crippen LogP contribution in [-0.4, -0.2) is 24.0 Å². The van der Waals surface area contributed by atoms with Crippen molar-refractivity contribution >= 4 is 11.9 Å². The molecule has 2 aromatic carbocycles. The highest BCUT2D eigenvalue weighted by molar-refractivity contribution is 5.94. The van der Waals surface area contributed by atoms with Gasteiger partial charge in [0.05, 0.1) is 5.56 Å². The fraction of sp³-hybridized carbons (Fsp3) is 0.300. The van der Waals surface area contributed by atoms with Crippen molar-refractivity contribution in [2.45, 2.75) is 37.8 Å². The summed E-state index contributed by atoms with van der Waals surface area (Å²) in [6, 6.07) is 18.2. The maximum Gasteiger partial charge on any atom is 0.338 e. The van der Waals surface area contributed by atoms with Gasteiger partial charge in [0.1, 0.15) is 6.10 Å². The van der Waals surface area contributed by atoms with Crippen molar-refractivity contribution in [2.24, 2.45) is 0 Å². The molecule has 4 heteroatoms. The topological polar surface area (TPSA) is 55.4 Å². The van der Waals surface area contributed by atoms with Crippen LogP contribution in [-0.2, 0) is 4.74 Å². The van der Waals surface area contributed by atoms with Crippen LogP contribution in [0.25, 0.3) is 0 Å². The van der Waals surface area contributed by atoms with Gasteiger partial charge >= 0.3 is 5.97 Å². The van der Waals surface area contributed by atoms with Crippen molar-refractivity contribution in [1.82, 2.24) is 5.32 Å². The van der Waals surface area contributed by atoms with Crippen LogP contribution in [0.2, 0.25) is 0 Å². The second-order valence-electron chi connectivity index (χ2n) is 6.10. The Morgan fingerprint density at radius 1 is 0.875 bits per heavy atom. The lowest BCUT2D eigenvalue weighted by atomic mass is 9.92. The largest absolute Gasteiger partial charge is 0.459 e. The van der Waals surface area contributed by atoms with Gasteiger partial charge in [-0.1, -0.05) is 36.4 Å². The van der Waals surface area contributed by atoms with Gasteiger partial charge in [0, 0.05) is 18.0 Å². The van der Waals surface area contributed by atoms with Gasteiger partial charge in [0.2, 0.25) is 0 Å². The Labute approximate surface area is 141 Å². The molecule has 0 radical (unpaired) electrons. The number of esters is 1. The minimum atomic E-state index is -0.296. The number of ether oxygens (including phenoxy) is 1. The Hall–Kier alpha value is -2.62. The molecule has 1 aliphatic carbocycles. The summed E-state index contributed by atoms with van der Waals surface area (Å²) in [6.45, 7) is 0. The van der Waals surface area contributed by atoms with Gasteiger partial charge in [0.15, 0.2) is 0 Å². The third-order valence-corrected chi connectivity index (χ3v) is 4.28. The van der Waals surface area contributed by atoms with Gasteiger partial charge in [0.25, 0.3) is 5.91 Å². The summed E-state index contributed by atoms with van der Waals surface area (Å²) in [4.78, 5) is 24.4. The van der Waals surface area contributed by atoms with Gasteiger partial charge in [-0.25, -0.2) is 4.79 Å². The van der Waals surface area contributed by atoms with Crippen LogP contribution < -0.4 is 5.32 Å². The summed E-state index contributed by atoms with van der Waals surface area (Å²) < 4.78 is 5.60. The molecule has 0 unspecified atom stereocenters. The summed E-state index contributed by atoms with van der Waals surface area (Å²) >= 11 is 0. The Kier molecular flexibility index (Phi) is 5.26. The lowest BCUT2D eigenvalue weighted by molar-refractivity contribution is 0.0175. The molecule has 1 saturated carbocycles. The van der Waals surface area contributed by atoms with Gasteiger partial charge < -0.3 is 10.1 Å². The van der Waals surface area contributed by atoms with Crippen LogP contribution in [0, 0.1) is 0 Å². The van der Waals surface area contributed by atoms with E-state index in [0.717, 1.165) is 19.3 Å². The smallest absolute Gasteiger partial charge is 0.338 e. The molecule has 124 valence electrons. The quantitative estimate of drug-likeness (QED) is 0.875. The van der Waals surface area contributed by atoms with E-state index in [9.17, 15) is 9.59 Å². The second kappa shape index (κ2) is 7.77. The average Bonchev–Trinajstić information content (AvgIpc) is 2.63. The van der Waals surface area contributed by atoms with E-state index >= 15 is 0 Å². The fourth-order valence-electron chi connectivity index (χ4n) is 3.04. The first-order valence-electron chi connectivity index (χ1n) is 8.34. The molecule has 3 rings (SSSR count). The van der Waals surface area contributed by atoms with Crippen molar-refractivity contribution in [1.29, 1.82) is 0 Å². The number of hydrogen-bond acceptors (Lipinski definition) is 3. The highest BCUT2D eigenvalue weighted by Crippen LogP contribution is 2.22. The van der Waals surface area contributed by atoms with E-state index in [-0.39, 0.29) is 24.0 Å². The SMILES string of the molecule is O=C(N[C@H]1CCC[C@@H](OC(=O)c2ccccc2)C1)c1ccccc1. The van der Waals surface area contributed by atoms with Crippen molar-refractivity contribution in [3.63, 3.8) is 0 Å². The number of hydrogen-bond donors (Lipinski definition) is 1. The molecule has 24 heavy (non-hydrogen) atoms. The molecule has 2 atom stereocenters. The fourth-order valence-corrected chi connectivity index (χ4v) is 3.04. The first-order valence-corrected chi connectivity index (χ1v) is 8.34. The number of nitrogens with one attached hydrogen (secondary N) is 1. The van der Waals surface area contributed by atoms with Crippen molar-refractivity contribution in [3.05, 3.63) is 71.8 Å². The first kappa shape index (κ1) is 16.2. The Morgan fingerprint density at radius 2 is 1.50 bits per heavy atom. The number of benzene rings is 2.